The minimum atomic E-state index is -0.250. The molecule has 7 heteroatoms. The lowest BCUT2D eigenvalue weighted by atomic mass is 9.95. The molecule has 0 radical (unpaired) electrons. The Morgan fingerprint density at radius 1 is 1.31 bits per heavy atom. The fourth-order valence-electron chi connectivity index (χ4n) is 3.82. The number of hydrogen-bond donors (Lipinski definition) is 2. The van der Waals surface area contributed by atoms with Crippen molar-refractivity contribution in [2.24, 2.45) is 0 Å². The third kappa shape index (κ3) is 4.11. The first-order chi connectivity index (χ1) is 12.7. The third-order valence-corrected chi connectivity index (χ3v) is 5.01. The maximum atomic E-state index is 12.7. The van der Waals surface area contributed by atoms with Gasteiger partial charge in [-0.05, 0) is 43.5 Å². The van der Waals surface area contributed by atoms with Crippen molar-refractivity contribution in [1.82, 2.24) is 15.1 Å². The molecule has 1 saturated heterocycles. The number of piperidine rings is 1. The number of nitrogens with zero attached hydrogens (tertiary/aromatic N) is 3. The predicted octanol–water partition coefficient (Wildman–Crippen LogP) is 1.88. The van der Waals surface area contributed by atoms with E-state index < -0.39 is 0 Å². The van der Waals surface area contributed by atoms with Crippen LogP contribution < -0.4 is 4.90 Å². The summed E-state index contributed by atoms with van der Waals surface area (Å²) in [4.78, 5) is 25.3. The molecule has 1 aromatic carbocycles. The van der Waals surface area contributed by atoms with E-state index in [0.29, 0.717) is 12.5 Å². The highest BCUT2D eigenvalue weighted by Crippen LogP contribution is 2.29. The van der Waals surface area contributed by atoms with E-state index in [4.69, 9.17) is 9.90 Å². The van der Waals surface area contributed by atoms with Crippen LogP contribution in [-0.4, -0.2) is 58.8 Å². The lowest BCUT2D eigenvalue weighted by Gasteiger charge is -2.32. The average Bonchev–Trinajstić information content (AvgIpc) is 3.33. The molecule has 2 aliphatic heterocycles. The van der Waals surface area contributed by atoms with Gasteiger partial charge in [-0.25, -0.2) is 0 Å². The second kappa shape index (κ2) is 8.62. The summed E-state index contributed by atoms with van der Waals surface area (Å²) in [7, 11) is 0. The van der Waals surface area contributed by atoms with Gasteiger partial charge in [0.1, 0.15) is 0 Å². The second-order valence-electron chi connectivity index (χ2n) is 6.62. The molecular weight excluding hydrogens is 332 g/mol. The molecule has 0 bridgehead atoms. The van der Waals surface area contributed by atoms with Gasteiger partial charge in [0.05, 0.1) is 6.54 Å². The molecule has 2 aliphatic rings. The summed E-state index contributed by atoms with van der Waals surface area (Å²) in [6.07, 6.45) is 5.08. The summed E-state index contributed by atoms with van der Waals surface area (Å²) in [5.41, 5.74) is 3.57. The molecule has 0 saturated carbocycles. The summed E-state index contributed by atoms with van der Waals surface area (Å²) >= 11 is 0. The molecule has 0 spiro atoms. The molecule has 1 fully saturated rings. The molecule has 0 aliphatic carbocycles. The number of amides is 1. The van der Waals surface area contributed by atoms with Gasteiger partial charge < -0.3 is 10.0 Å². The number of fused-ring (bicyclic) bond motifs is 1. The second-order valence-corrected chi connectivity index (χ2v) is 6.62. The Kier molecular flexibility index (Phi) is 6.01. The number of aromatic amines is 1. The van der Waals surface area contributed by atoms with Crippen LogP contribution in [0.1, 0.15) is 30.0 Å². The summed E-state index contributed by atoms with van der Waals surface area (Å²) in [5, 5.41) is 14.0. The van der Waals surface area contributed by atoms with E-state index in [1.165, 1.54) is 17.7 Å². The van der Waals surface area contributed by atoms with E-state index in [1.54, 1.807) is 6.20 Å². The van der Waals surface area contributed by atoms with Crippen molar-refractivity contribution in [3.05, 3.63) is 47.8 Å². The molecule has 1 amide bonds. The minimum Gasteiger partial charge on any atom is -0.483 e. The monoisotopic (exact) mass is 356 g/mol. The minimum absolute atomic E-state index is 0.222. The van der Waals surface area contributed by atoms with Crippen molar-refractivity contribution < 1.29 is 14.7 Å². The number of carbonyl (C=O) groups is 2. The van der Waals surface area contributed by atoms with E-state index in [9.17, 15) is 4.79 Å². The normalized spacial score (nSPS) is 19.4. The van der Waals surface area contributed by atoms with E-state index in [0.717, 1.165) is 38.2 Å². The molecule has 26 heavy (non-hydrogen) atoms. The molecule has 2 aromatic rings. The average molecular weight is 356 g/mol. The molecule has 2 N–H and O–H groups in total. The maximum absolute atomic E-state index is 12.7. The van der Waals surface area contributed by atoms with Crippen LogP contribution in [0.15, 0.2) is 36.5 Å². The topological polar surface area (TPSA) is 89.5 Å². The largest absolute Gasteiger partial charge is 0.483 e. The van der Waals surface area contributed by atoms with Crippen LogP contribution in [0.25, 0.3) is 0 Å². The van der Waals surface area contributed by atoms with Crippen LogP contribution >= 0.6 is 0 Å². The molecule has 1 atom stereocenters. The molecule has 3 heterocycles. The molecule has 1 unspecified atom stereocenters. The molecule has 7 nitrogen and oxygen atoms in total. The van der Waals surface area contributed by atoms with E-state index in [2.05, 4.69) is 27.2 Å². The summed E-state index contributed by atoms with van der Waals surface area (Å²) in [6, 6.07) is 10.3. The fourth-order valence-corrected chi connectivity index (χ4v) is 3.82. The van der Waals surface area contributed by atoms with Crippen LogP contribution in [-0.2, 0) is 16.0 Å². The van der Waals surface area contributed by atoms with Crippen molar-refractivity contribution >= 4 is 18.1 Å². The first-order valence-electron chi connectivity index (χ1n) is 8.90. The Hall–Kier alpha value is -2.67. The number of nitrogens with one attached hydrogen (secondary N) is 1. The fraction of sp³-hybridized carbons (Fsp3) is 0.421. The number of rotatable bonds is 3. The number of anilines is 1. The van der Waals surface area contributed by atoms with E-state index in [-0.39, 0.29) is 12.4 Å². The highest BCUT2D eigenvalue weighted by molar-refractivity contribution is 5.96. The lowest BCUT2D eigenvalue weighted by Crippen LogP contribution is -2.43. The first kappa shape index (κ1) is 18.1. The van der Waals surface area contributed by atoms with E-state index in [1.807, 2.05) is 23.1 Å². The zero-order chi connectivity index (χ0) is 18.4. The highest BCUT2D eigenvalue weighted by atomic mass is 16.3. The number of aromatic nitrogens is 2. The van der Waals surface area contributed by atoms with Gasteiger partial charge in [0, 0.05) is 36.6 Å². The number of carbonyl (C=O) groups excluding carboxylic acids is 1. The van der Waals surface area contributed by atoms with Gasteiger partial charge in [-0.3, -0.25) is 19.6 Å². The van der Waals surface area contributed by atoms with Gasteiger partial charge in [0.2, 0.25) is 5.91 Å². The van der Waals surface area contributed by atoms with Crippen molar-refractivity contribution in [1.29, 1.82) is 0 Å². The maximum Gasteiger partial charge on any atom is 0.290 e. The van der Waals surface area contributed by atoms with Gasteiger partial charge in [-0.15, -0.1) is 0 Å². The number of H-pyrrole nitrogens is 1. The van der Waals surface area contributed by atoms with Gasteiger partial charge in [-0.2, -0.15) is 5.10 Å². The van der Waals surface area contributed by atoms with Gasteiger partial charge in [0.15, 0.2) is 0 Å². The van der Waals surface area contributed by atoms with Crippen LogP contribution in [0, 0.1) is 0 Å². The molecule has 1 aromatic heterocycles. The van der Waals surface area contributed by atoms with Crippen LogP contribution in [0.4, 0.5) is 5.69 Å². The molecular formula is C19H24N4O3. The standard InChI is InChI=1S/C18H22N4O.CH2O2/c23-18(22-11-8-14-4-1-2-6-17(14)22)13-21-10-3-5-15(12-21)16-7-9-19-20-16;2-1-3/h1-2,4,6-7,9,15H,3,5,8,10-13H2,(H,19,20);1H,(H,2,3). The van der Waals surface area contributed by atoms with Crippen LogP contribution in [0.5, 0.6) is 0 Å². The number of carboxylic acid groups (broad SMARTS) is 1. The Morgan fingerprint density at radius 3 is 2.88 bits per heavy atom. The number of benzene rings is 1. The summed E-state index contributed by atoms with van der Waals surface area (Å²) < 4.78 is 0. The summed E-state index contributed by atoms with van der Waals surface area (Å²) in [5.74, 6) is 0.685. The zero-order valence-corrected chi connectivity index (χ0v) is 14.7. The Bertz CT molecular complexity index is 732. The lowest BCUT2D eigenvalue weighted by molar-refractivity contribution is -0.123. The van der Waals surface area contributed by atoms with Crippen molar-refractivity contribution in [3.63, 3.8) is 0 Å². The number of hydrogen-bond acceptors (Lipinski definition) is 4. The Labute approximate surface area is 152 Å². The summed E-state index contributed by atoms with van der Waals surface area (Å²) in [6.45, 7) is 3.02. The highest BCUT2D eigenvalue weighted by Gasteiger charge is 2.28. The smallest absolute Gasteiger partial charge is 0.290 e. The van der Waals surface area contributed by atoms with Gasteiger partial charge in [0.25, 0.3) is 6.47 Å². The van der Waals surface area contributed by atoms with Crippen molar-refractivity contribution in [3.8, 4) is 0 Å². The SMILES string of the molecule is O=C(CN1CCCC(c2ccn[nH]2)C1)N1CCc2ccccc21.O=CO. The van der Waals surface area contributed by atoms with E-state index >= 15 is 0 Å². The quantitative estimate of drug-likeness (QED) is 0.820. The number of likely N-dealkylation sites (tertiary alicyclic amines) is 1. The van der Waals surface area contributed by atoms with Gasteiger partial charge >= 0.3 is 0 Å². The molecule has 138 valence electrons. The number of para-hydroxylation sites is 1. The zero-order valence-electron chi connectivity index (χ0n) is 14.7. The Morgan fingerprint density at radius 2 is 2.12 bits per heavy atom. The molecule has 4 rings (SSSR count). The predicted molar refractivity (Wildman–Crippen MR) is 98.2 cm³/mol. The van der Waals surface area contributed by atoms with Crippen LogP contribution in [0.3, 0.4) is 0 Å². The van der Waals surface area contributed by atoms with Crippen LogP contribution in [0.2, 0.25) is 0 Å². The van der Waals surface area contributed by atoms with Crippen molar-refractivity contribution in [2.75, 3.05) is 31.1 Å². The van der Waals surface area contributed by atoms with Crippen molar-refractivity contribution in [2.45, 2.75) is 25.2 Å². The first-order valence-corrected chi connectivity index (χ1v) is 8.90. The third-order valence-electron chi connectivity index (χ3n) is 5.01. The van der Waals surface area contributed by atoms with Gasteiger partial charge in [-0.1, -0.05) is 18.2 Å². The Balaban J connectivity index is 0.000000613.